The van der Waals surface area contributed by atoms with Crippen molar-refractivity contribution < 1.29 is 13.6 Å². The molecule has 1 aromatic heterocycles. The average molecular weight is 443 g/mol. The number of aromatic nitrogens is 2. The lowest BCUT2D eigenvalue weighted by Crippen LogP contribution is -2.23. The molecule has 150 valence electrons. The Labute approximate surface area is 179 Å². The van der Waals surface area contributed by atoms with Gasteiger partial charge in [0.15, 0.2) is 10.9 Å². The molecule has 1 heterocycles. The van der Waals surface area contributed by atoms with Gasteiger partial charge >= 0.3 is 0 Å². The van der Waals surface area contributed by atoms with Crippen LogP contribution in [0.25, 0.3) is 16.6 Å². The Morgan fingerprint density at radius 2 is 1.77 bits per heavy atom. The lowest BCUT2D eigenvalue weighted by atomic mass is 10.1. The highest BCUT2D eigenvalue weighted by Crippen LogP contribution is 2.24. The maximum absolute atomic E-state index is 14.5. The van der Waals surface area contributed by atoms with Crippen LogP contribution in [-0.2, 0) is 0 Å². The number of carbonyl (C=O) groups excluding carboxylic acids is 1. The molecule has 0 spiro atoms. The van der Waals surface area contributed by atoms with Crippen molar-refractivity contribution in [3.8, 4) is 5.69 Å². The smallest absolute Gasteiger partial charge is 0.266 e. The van der Waals surface area contributed by atoms with Crippen LogP contribution in [-0.4, -0.2) is 21.1 Å². The summed E-state index contributed by atoms with van der Waals surface area (Å²) in [5.74, 6) is -1.90. The number of nitrogens with zero attached hydrogens (tertiary/aromatic N) is 2. The Hall–Kier alpha value is -3.03. The highest BCUT2D eigenvalue weighted by atomic mass is 35.5. The van der Waals surface area contributed by atoms with Gasteiger partial charge in [0.05, 0.1) is 22.3 Å². The van der Waals surface area contributed by atoms with Gasteiger partial charge in [0.1, 0.15) is 11.6 Å². The first-order valence-corrected chi connectivity index (χ1v) is 10.2. The van der Waals surface area contributed by atoms with Crippen LogP contribution in [0.1, 0.15) is 10.4 Å². The minimum Gasteiger partial charge on any atom is -0.293 e. The lowest BCUT2D eigenvalue weighted by Gasteiger charge is -2.13. The van der Waals surface area contributed by atoms with Gasteiger partial charge in [0.2, 0.25) is 0 Å². The fraction of sp³-hybridized carbons (Fsp3) is 0.0455. The fourth-order valence-electron chi connectivity index (χ4n) is 2.93. The summed E-state index contributed by atoms with van der Waals surface area (Å²) in [5, 5.41) is 0.928. The van der Waals surface area contributed by atoms with Crippen molar-refractivity contribution in [2.45, 2.75) is 5.16 Å². The van der Waals surface area contributed by atoms with Crippen LogP contribution in [0.2, 0.25) is 5.02 Å². The Morgan fingerprint density at radius 1 is 1.03 bits per heavy atom. The quantitative estimate of drug-likeness (QED) is 0.239. The van der Waals surface area contributed by atoms with Gasteiger partial charge in [-0.1, -0.05) is 35.5 Å². The molecular weight excluding hydrogens is 430 g/mol. The number of fused-ring (bicyclic) bond motifs is 1. The van der Waals surface area contributed by atoms with Crippen LogP contribution in [0, 0.1) is 11.6 Å². The van der Waals surface area contributed by atoms with Crippen molar-refractivity contribution in [1.82, 2.24) is 9.55 Å². The summed E-state index contributed by atoms with van der Waals surface area (Å²) in [6, 6.07) is 16.0. The molecule has 0 unspecified atom stereocenters. The molecule has 0 amide bonds. The molecular formula is C22H13ClF2N2O2S. The number of para-hydroxylation sites is 1. The molecule has 0 saturated heterocycles. The van der Waals surface area contributed by atoms with Gasteiger partial charge < -0.3 is 0 Å². The van der Waals surface area contributed by atoms with Gasteiger partial charge in [-0.15, -0.1) is 0 Å². The Morgan fingerprint density at radius 3 is 2.50 bits per heavy atom. The van der Waals surface area contributed by atoms with E-state index in [2.05, 4.69) is 4.98 Å². The van der Waals surface area contributed by atoms with Crippen molar-refractivity contribution in [2.75, 3.05) is 5.75 Å². The molecule has 0 aliphatic heterocycles. The molecule has 4 nitrogen and oxygen atoms in total. The van der Waals surface area contributed by atoms with E-state index < -0.39 is 17.2 Å². The second-order valence-corrected chi connectivity index (χ2v) is 7.75. The van der Waals surface area contributed by atoms with Gasteiger partial charge in [0.25, 0.3) is 5.56 Å². The first-order chi connectivity index (χ1) is 14.4. The van der Waals surface area contributed by atoms with Gasteiger partial charge in [-0.2, -0.15) is 0 Å². The lowest BCUT2D eigenvalue weighted by molar-refractivity contribution is 0.102. The number of benzene rings is 3. The number of hydrogen-bond donors (Lipinski definition) is 0. The van der Waals surface area contributed by atoms with Gasteiger partial charge in [-0.05, 0) is 48.5 Å². The summed E-state index contributed by atoms with van der Waals surface area (Å²) < 4.78 is 28.9. The van der Waals surface area contributed by atoms with Crippen molar-refractivity contribution in [3.05, 3.63) is 99.3 Å². The molecule has 0 aliphatic carbocycles. The number of halogens is 3. The Bertz CT molecular complexity index is 1320. The third-order valence-corrected chi connectivity index (χ3v) is 5.58. The van der Waals surface area contributed by atoms with Crippen LogP contribution in [0.5, 0.6) is 0 Å². The second-order valence-electron chi connectivity index (χ2n) is 6.37. The fourth-order valence-corrected chi connectivity index (χ4v) is 3.96. The summed E-state index contributed by atoms with van der Waals surface area (Å²) in [5.41, 5.74) is 0.228. The van der Waals surface area contributed by atoms with E-state index in [-0.39, 0.29) is 27.8 Å². The molecule has 0 radical (unpaired) electrons. The van der Waals surface area contributed by atoms with E-state index in [1.54, 1.807) is 48.5 Å². The van der Waals surface area contributed by atoms with Crippen LogP contribution < -0.4 is 5.56 Å². The maximum Gasteiger partial charge on any atom is 0.266 e. The van der Waals surface area contributed by atoms with Crippen molar-refractivity contribution >= 4 is 40.0 Å². The summed E-state index contributed by atoms with van der Waals surface area (Å²) in [6.45, 7) is 0. The molecule has 0 saturated carbocycles. The number of thioether (sulfide) groups is 1. The highest BCUT2D eigenvalue weighted by Gasteiger charge is 2.18. The Balaban J connectivity index is 1.78. The van der Waals surface area contributed by atoms with E-state index >= 15 is 0 Å². The third kappa shape index (κ3) is 3.99. The molecule has 0 fully saturated rings. The van der Waals surface area contributed by atoms with Crippen molar-refractivity contribution in [1.29, 1.82) is 0 Å². The summed E-state index contributed by atoms with van der Waals surface area (Å²) in [4.78, 5) is 30.1. The SMILES string of the molecule is O=C(CSc1nc2ccccc2c(=O)n1-c1ccc(F)cc1F)c1ccc(Cl)cc1. The maximum atomic E-state index is 14.5. The first-order valence-electron chi connectivity index (χ1n) is 8.83. The number of rotatable bonds is 5. The Kier molecular flexibility index (Phi) is 5.65. The minimum atomic E-state index is -0.903. The van der Waals surface area contributed by atoms with Crippen molar-refractivity contribution in [3.63, 3.8) is 0 Å². The topological polar surface area (TPSA) is 52.0 Å². The van der Waals surface area contributed by atoms with E-state index in [4.69, 9.17) is 11.6 Å². The molecule has 3 aromatic carbocycles. The third-order valence-electron chi connectivity index (χ3n) is 4.39. The van der Waals surface area contributed by atoms with Crippen LogP contribution >= 0.6 is 23.4 Å². The molecule has 0 bridgehead atoms. The van der Waals surface area contributed by atoms with Crippen LogP contribution in [0.4, 0.5) is 8.78 Å². The summed E-state index contributed by atoms with van der Waals surface area (Å²) >= 11 is 6.85. The van der Waals surface area contributed by atoms with E-state index in [9.17, 15) is 18.4 Å². The van der Waals surface area contributed by atoms with Gasteiger partial charge in [0, 0.05) is 16.7 Å². The van der Waals surface area contributed by atoms with E-state index in [1.165, 1.54) is 6.07 Å². The number of carbonyl (C=O) groups is 1. The highest BCUT2D eigenvalue weighted by molar-refractivity contribution is 7.99. The standard InChI is InChI=1S/C22H13ClF2N2O2S/c23-14-7-5-13(6-8-14)20(28)12-30-22-26-18-4-2-1-3-16(18)21(29)27(22)19-10-9-15(24)11-17(19)25/h1-11H,12H2. The molecule has 0 atom stereocenters. The molecule has 30 heavy (non-hydrogen) atoms. The minimum absolute atomic E-state index is 0.0325. The molecule has 8 heteroatoms. The van der Waals surface area contributed by atoms with E-state index in [0.717, 1.165) is 22.4 Å². The largest absolute Gasteiger partial charge is 0.293 e. The normalized spacial score (nSPS) is 11.0. The predicted octanol–water partition coefficient (Wildman–Crippen LogP) is 5.29. The van der Waals surface area contributed by atoms with Crippen LogP contribution in [0.15, 0.2) is 76.7 Å². The second kappa shape index (κ2) is 8.38. The van der Waals surface area contributed by atoms with Crippen LogP contribution in [0.3, 0.4) is 0 Å². The number of hydrogen-bond acceptors (Lipinski definition) is 4. The predicted molar refractivity (Wildman–Crippen MR) is 114 cm³/mol. The number of ketones is 1. The first kappa shape index (κ1) is 20.3. The zero-order valence-corrected chi connectivity index (χ0v) is 16.9. The van der Waals surface area contributed by atoms with E-state index in [0.29, 0.717) is 22.2 Å². The van der Waals surface area contributed by atoms with Crippen molar-refractivity contribution in [2.24, 2.45) is 0 Å². The monoisotopic (exact) mass is 442 g/mol. The van der Waals surface area contributed by atoms with Gasteiger partial charge in [-0.25, -0.2) is 13.8 Å². The molecule has 4 rings (SSSR count). The van der Waals surface area contributed by atoms with Gasteiger partial charge in [-0.3, -0.25) is 14.2 Å². The molecule has 0 aliphatic rings. The summed E-state index contributed by atoms with van der Waals surface area (Å²) in [7, 11) is 0. The average Bonchev–Trinajstić information content (AvgIpc) is 2.73. The zero-order chi connectivity index (χ0) is 21.3. The zero-order valence-electron chi connectivity index (χ0n) is 15.3. The summed E-state index contributed by atoms with van der Waals surface area (Å²) in [6.07, 6.45) is 0. The molecule has 0 N–H and O–H groups in total. The number of Topliss-reactive ketones (excluding diaryl/α,β-unsaturated/α-hetero) is 1. The van der Waals surface area contributed by atoms with E-state index in [1.807, 2.05) is 0 Å². The molecule has 4 aromatic rings.